The van der Waals surface area contributed by atoms with E-state index >= 15 is 0 Å². The Morgan fingerprint density at radius 3 is 2.68 bits per heavy atom. The Labute approximate surface area is 172 Å². The minimum absolute atomic E-state index is 0.178. The summed E-state index contributed by atoms with van der Waals surface area (Å²) in [6.07, 6.45) is 3.89. The van der Waals surface area contributed by atoms with Crippen LogP contribution in [0, 0.1) is 5.82 Å². The zero-order chi connectivity index (χ0) is 19.2. The molecule has 6 heteroatoms. The summed E-state index contributed by atoms with van der Waals surface area (Å²) < 4.78 is 12.9. The van der Waals surface area contributed by atoms with Gasteiger partial charge in [0.05, 0.1) is 16.7 Å². The Kier molecular flexibility index (Phi) is 6.29. The standard InChI is InChI=1S/C22H20FN3S2/c23-17-9-7-16(8-10-17)4-3-13-27-19-11-12-24-18(14-19)15-28-22-25-20-5-1-2-6-21(20)26-22/h1-2,5-12,14H,3-4,13,15H2,(H,25,26). The van der Waals surface area contributed by atoms with Crippen molar-refractivity contribution in [3.63, 3.8) is 0 Å². The van der Waals surface area contributed by atoms with Crippen LogP contribution in [0.25, 0.3) is 11.0 Å². The fourth-order valence-corrected chi connectivity index (χ4v) is 4.57. The van der Waals surface area contributed by atoms with Gasteiger partial charge in [0, 0.05) is 16.8 Å². The lowest BCUT2D eigenvalue weighted by molar-refractivity contribution is 0.627. The van der Waals surface area contributed by atoms with Crippen molar-refractivity contribution in [2.45, 2.75) is 28.6 Å². The highest BCUT2D eigenvalue weighted by Gasteiger charge is 2.05. The van der Waals surface area contributed by atoms with Gasteiger partial charge >= 0.3 is 0 Å². The first-order chi connectivity index (χ1) is 13.8. The number of halogens is 1. The number of fused-ring (bicyclic) bond motifs is 1. The SMILES string of the molecule is Fc1ccc(CCCSc2ccnc(CSc3nc4ccccc4[nH]3)c2)cc1. The number of aromatic amines is 1. The lowest BCUT2D eigenvalue weighted by atomic mass is 10.1. The lowest BCUT2D eigenvalue weighted by Crippen LogP contribution is -1.90. The van der Waals surface area contributed by atoms with Crippen LogP contribution in [0.3, 0.4) is 0 Å². The van der Waals surface area contributed by atoms with Gasteiger partial charge in [0.2, 0.25) is 0 Å². The highest BCUT2D eigenvalue weighted by atomic mass is 32.2. The van der Waals surface area contributed by atoms with E-state index in [-0.39, 0.29) is 5.82 Å². The number of H-pyrrole nitrogens is 1. The largest absolute Gasteiger partial charge is 0.333 e. The van der Waals surface area contributed by atoms with Crippen molar-refractivity contribution >= 4 is 34.6 Å². The molecule has 1 N–H and O–H groups in total. The number of thioether (sulfide) groups is 2. The summed E-state index contributed by atoms with van der Waals surface area (Å²) >= 11 is 3.50. The molecule has 0 aliphatic rings. The maximum atomic E-state index is 12.9. The number of imidazole rings is 1. The first kappa shape index (κ1) is 19.0. The third-order valence-corrected chi connectivity index (χ3v) is 6.29. The van der Waals surface area contributed by atoms with Crippen molar-refractivity contribution in [3.8, 4) is 0 Å². The van der Waals surface area contributed by atoms with Crippen molar-refractivity contribution in [2.24, 2.45) is 0 Å². The molecule has 2 aromatic heterocycles. The molecule has 3 nitrogen and oxygen atoms in total. The van der Waals surface area contributed by atoms with E-state index in [0.29, 0.717) is 0 Å². The normalized spacial score (nSPS) is 11.2. The Hall–Kier alpha value is -2.31. The van der Waals surface area contributed by atoms with E-state index in [2.05, 4.69) is 27.1 Å². The van der Waals surface area contributed by atoms with Gasteiger partial charge < -0.3 is 4.98 Å². The smallest absolute Gasteiger partial charge is 0.166 e. The van der Waals surface area contributed by atoms with Gasteiger partial charge in [0.1, 0.15) is 5.82 Å². The maximum Gasteiger partial charge on any atom is 0.166 e. The molecule has 28 heavy (non-hydrogen) atoms. The average molecular weight is 410 g/mol. The molecule has 142 valence electrons. The van der Waals surface area contributed by atoms with Crippen LogP contribution in [0.15, 0.2) is 76.9 Å². The minimum Gasteiger partial charge on any atom is -0.333 e. The van der Waals surface area contributed by atoms with Crippen LogP contribution in [0.1, 0.15) is 17.7 Å². The minimum atomic E-state index is -0.178. The molecule has 0 radical (unpaired) electrons. The summed E-state index contributed by atoms with van der Waals surface area (Å²) in [6.45, 7) is 0. The molecule has 4 aromatic rings. The molecule has 0 saturated heterocycles. The molecule has 0 bridgehead atoms. The molecule has 0 atom stereocenters. The summed E-state index contributed by atoms with van der Waals surface area (Å²) in [5.41, 5.74) is 4.28. The van der Waals surface area contributed by atoms with E-state index in [9.17, 15) is 4.39 Å². The number of aryl methyl sites for hydroxylation is 1. The molecule has 0 fully saturated rings. The fraction of sp³-hybridized carbons (Fsp3) is 0.182. The first-order valence-electron chi connectivity index (χ1n) is 9.16. The molecule has 0 saturated carbocycles. The van der Waals surface area contributed by atoms with Crippen molar-refractivity contribution in [1.82, 2.24) is 15.0 Å². The molecule has 2 heterocycles. The van der Waals surface area contributed by atoms with Crippen molar-refractivity contribution in [3.05, 3.63) is 83.9 Å². The highest BCUT2D eigenvalue weighted by Crippen LogP contribution is 2.25. The number of hydrogen-bond donors (Lipinski definition) is 1. The molecule has 2 aromatic carbocycles. The zero-order valence-corrected chi connectivity index (χ0v) is 16.9. The van der Waals surface area contributed by atoms with Crippen LogP contribution in [0.2, 0.25) is 0 Å². The van der Waals surface area contributed by atoms with Gasteiger partial charge in [-0.3, -0.25) is 4.98 Å². The number of benzene rings is 2. The molecule has 4 rings (SSSR count). The Morgan fingerprint density at radius 1 is 0.964 bits per heavy atom. The lowest BCUT2D eigenvalue weighted by Gasteiger charge is -2.05. The number of rotatable bonds is 8. The number of aromatic nitrogens is 3. The summed E-state index contributed by atoms with van der Waals surface area (Å²) in [7, 11) is 0. The fourth-order valence-electron chi connectivity index (χ4n) is 2.88. The second-order valence-electron chi connectivity index (χ2n) is 6.41. The van der Waals surface area contributed by atoms with E-state index in [1.807, 2.05) is 54.4 Å². The van der Waals surface area contributed by atoms with Gasteiger partial charge in [-0.1, -0.05) is 36.0 Å². The third kappa shape index (κ3) is 5.14. The Morgan fingerprint density at radius 2 is 1.82 bits per heavy atom. The zero-order valence-electron chi connectivity index (χ0n) is 15.3. The Bertz CT molecular complexity index is 1010. The highest BCUT2D eigenvalue weighted by molar-refractivity contribution is 7.99. The van der Waals surface area contributed by atoms with Gasteiger partial charge in [-0.2, -0.15) is 0 Å². The summed E-state index contributed by atoms with van der Waals surface area (Å²) in [5, 5.41) is 0.917. The maximum absolute atomic E-state index is 12.9. The van der Waals surface area contributed by atoms with Gasteiger partial charge in [-0.05, 0) is 60.6 Å². The second kappa shape index (κ2) is 9.26. The topological polar surface area (TPSA) is 41.6 Å². The van der Waals surface area contributed by atoms with E-state index in [1.54, 1.807) is 11.8 Å². The van der Waals surface area contributed by atoms with E-state index in [0.717, 1.165) is 46.2 Å². The van der Waals surface area contributed by atoms with Crippen LogP contribution in [-0.4, -0.2) is 20.7 Å². The molecule has 0 aliphatic carbocycles. The van der Waals surface area contributed by atoms with Crippen LogP contribution in [0.5, 0.6) is 0 Å². The number of pyridine rings is 1. The molecular weight excluding hydrogens is 389 g/mol. The van der Waals surface area contributed by atoms with Crippen molar-refractivity contribution in [2.75, 3.05) is 5.75 Å². The predicted octanol–water partition coefficient (Wildman–Crippen LogP) is 6.11. The monoisotopic (exact) mass is 409 g/mol. The van der Waals surface area contributed by atoms with Crippen LogP contribution in [-0.2, 0) is 12.2 Å². The first-order valence-corrected chi connectivity index (χ1v) is 11.1. The van der Waals surface area contributed by atoms with E-state index in [4.69, 9.17) is 0 Å². The predicted molar refractivity (Wildman–Crippen MR) is 115 cm³/mol. The summed E-state index contributed by atoms with van der Waals surface area (Å²) in [6, 6.07) is 19.0. The second-order valence-corrected chi connectivity index (χ2v) is 8.54. The summed E-state index contributed by atoms with van der Waals surface area (Å²) in [4.78, 5) is 13.6. The van der Waals surface area contributed by atoms with Crippen molar-refractivity contribution < 1.29 is 4.39 Å². The van der Waals surface area contributed by atoms with Gasteiger partial charge in [-0.15, -0.1) is 11.8 Å². The van der Waals surface area contributed by atoms with E-state index in [1.165, 1.54) is 22.6 Å². The molecular formula is C22H20FN3S2. The van der Waals surface area contributed by atoms with Gasteiger partial charge in [0.25, 0.3) is 0 Å². The number of nitrogens with one attached hydrogen (secondary N) is 1. The van der Waals surface area contributed by atoms with Gasteiger partial charge in [-0.25, -0.2) is 9.37 Å². The van der Waals surface area contributed by atoms with Crippen LogP contribution >= 0.6 is 23.5 Å². The number of para-hydroxylation sites is 2. The van der Waals surface area contributed by atoms with Crippen LogP contribution < -0.4 is 0 Å². The average Bonchev–Trinajstić information content (AvgIpc) is 3.14. The van der Waals surface area contributed by atoms with E-state index < -0.39 is 0 Å². The van der Waals surface area contributed by atoms with Crippen LogP contribution in [0.4, 0.5) is 4.39 Å². The van der Waals surface area contributed by atoms with Gasteiger partial charge in [0.15, 0.2) is 5.16 Å². The number of nitrogens with zero attached hydrogens (tertiary/aromatic N) is 2. The van der Waals surface area contributed by atoms with Crippen molar-refractivity contribution in [1.29, 1.82) is 0 Å². The molecule has 0 aliphatic heterocycles. The quantitative estimate of drug-likeness (QED) is 0.281. The molecule has 0 unspecified atom stereocenters. The molecule has 0 spiro atoms. The Balaban J connectivity index is 1.27. The molecule has 0 amide bonds. The third-order valence-electron chi connectivity index (χ3n) is 4.30. The summed E-state index contributed by atoms with van der Waals surface area (Å²) in [5.74, 6) is 1.63. The number of hydrogen-bond acceptors (Lipinski definition) is 4.